The zero-order chi connectivity index (χ0) is 15.9. The minimum Gasteiger partial charge on any atom is -0.390 e. The van der Waals surface area contributed by atoms with Gasteiger partial charge in [-0.2, -0.15) is 0 Å². The number of hydrogen-bond donors (Lipinski definition) is 2. The van der Waals surface area contributed by atoms with E-state index in [4.69, 9.17) is 0 Å². The number of hydrogen-bond acceptors (Lipinski definition) is 2. The lowest BCUT2D eigenvalue weighted by atomic mass is 9.45. The van der Waals surface area contributed by atoms with Gasteiger partial charge in [-0.25, -0.2) is 0 Å². The van der Waals surface area contributed by atoms with Gasteiger partial charge < -0.3 is 10.2 Å². The van der Waals surface area contributed by atoms with Crippen molar-refractivity contribution in [1.82, 2.24) is 0 Å². The molecule has 2 aliphatic rings. The van der Waals surface area contributed by atoms with Crippen LogP contribution in [0, 0.1) is 22.7 Å². The Morgan fingerprint density at radius 2 is 1.86 bits per heavy atom. The Balaban J connectivity index is 2.26. The van der Waals surface area contributed by atoms with Crippen LogP contribution in [0.1, 0.15) is 72.6 Å². The van der Waals surface area contributed by atoms with Crippen LogP contribution in [0.25, 0.3) is 0 Å². The van der Waals surface area contributed by atoms with Gasteiger partial charge in [-0.05, 0) is 68.1 Å². The fraction of sp³-hybridized carbons (Fsp3) is 0.895. The summed E-state index contributed by atoms with van der Waals surface area (Å²) in [7, 11) is 0. The molecule has 21 heavy (non-hydrogen) atoms. The van der Waals surface area contributed by atoms with Crippen LogP contribution in [0.2, 0.25) is 0 Å². The van der Waals surface area contributed by atoms with Crippen LogP contribution in [-0.4, -0.2) is 21.9 Å². The predicted octanol–water partition coefficient (Wildman–Crippen LogP) is 4.31. The molecular formula is C19H34O2. The minimum atomic E-state index is -0.598. The summed E-state index contributed by atoms with van der Waals surface area (Å²) >= 11 is 0. The average molecular weight is 294 g/mol. The molecule has 2 nitrogen and oxygen atoms in total. The quantitative estimate of drug-likeness (QED) is 0.759. The van der Waals surface area contributed by atoms with Gasteiger partial charge in [0.05, 0.1) is 11.7 Å². The summed E-state index contributed by atoms with van der Waals surface area (Å²) in [6, 6.07) is 0. The van der Waals surface area contributed by atoms with Gasteiger partial charge in [0, 0.05) is 0 Å². The molecule has 2 rings (SSSR count). The molecule has 2 N–H and O–H groups in total. The third kappa shape index (κ3) is 3.07. The second kappa shape index (κ2) is 5.70. The number of aliphatic hydroxyl groups excluding tert-OH is 1. The zero-order valence-electron chi connectivity index (χ0n) is 14.4. The standard InChI is InChI=1S/C19H34O2/c1-6-14(20)8-9-16-18(4)12-7-11-17(2,3)15(18)10-13-19(16,5)21/h6,14-16,20-21H,1,7-13H2,2-5H3/t14-,15-,16+,18-,19+/m0/s1. The maximum Gasteiger partial charge on any atom is 0.0718 e. The fourth-order valence-electron chi connectivity index (χ4n) is 5.72. The highest BCUT2D eigenvalue weighted by Crippen LogP contribution is 2.62. The van der Waals surface area contributed by atoms with Crippen molar-refractivity contribution in [2.75, 3.05) is 0 Å². The first-order valence-electron chi connectivity index (χ1n) is 8.66. The summed E-state index contributed by atoms with van der Waals surface area (Å²) in [5, 5.41) is 20.8. The summed E-state index contributed by atoms with van der Waals surface area (Å²) < 4.78 is 0. The number of rotatable bonds is 4. The fourth-order valence-corrected chi connectivity index (χ4v) is 5.72. The molecule has 2 heteroatoms. The smallest absolute Gasteiger partial charge is 0.0718 e. The van der Waals surface area contributed by atoms with Crippen LogP contribution in [-0.2, 0) is 0 Å². The molecule has 0 unspecified atom stereocenters. The lowest BCUT2D eigenvalue weighted by Crippen LogP contribution is -2.57. The van der Waals surface area contributed by atoms with Crippen molar-refractivity contribution in [2.24, 2.45) is 22.7 Å². The van der Waals surface area contributed by atoms with Gasteiger partial charge in [0.1, 0.15) is 0 Å². The van der Waals surface area contributed by atoms with Crippen LogP contribution >= 0.6 is 0 Å². The van der Waals surface area contributed by atoms with E-state index in [9.17, 15) is 10.2 Å². The van der Waals surface area contributed by atoms with E-state index < -0.39 is 11.7 Å². The van der Waals surface area contributed by atoms with Crippen molar-refractivity contribution in [1.29, 1.82) is 0 Å². The van der Waals surface area contributed by atoms with Crippen LogP contribution in [0.3, 0.4) is 0 Å². The molecule has 2 aliphatic carbocycles. The van der Waals surface area contributed by atoms with Crippen molar-refractivity contribution >= 4 is 0 Å². The Morgan fingerprint density at radius 1 is 1.19 bits per heavy atom. The first kappa shape index (κ1) is 17.0. The molecule has 122 valence electrons. The lowest BCUT2D eigenvalue weighted by molar-refractivity contribution is -0.170. The van der Waals surface area contributed by atoms with Crippen LogP contribution in [0.15, 0.2) is 12.7 Å². The van der Waals surface area contributed by atoms with Crippen molar-refractivity contribution in [3.05, 3.63) is 12.7 Å². The summed E-state index contributed by atoms with van der Waals surface area (Å²) in [5.41, 5.74) is -0.0250. The topological polar surface area (TPSA) is 40.5 Å². The molecule has 0 heterocycles. The van der Waals surface area contributed by atoms with Gasteiger partial charge in [-0.15, -0.1) is 6.58 Å². The second-order valence-electron chi connectivity index (χ2n) is 8.73. The summed E-state index contributed by atoms with van der Waals surface area (Å²) in [6.07, 6.45) is 8.59. The van der Waals surface area contributed by atoms with Crippen molar-refractivity contribution in [2.45, 2.75) is 84.3 Å². The summed E-state index contributed by atoms with van der Waals surface area (Å²) in [6.45, 7) is 12.9. The van der Waals surface area contributed by atoms with Gasteiger partial charge in [-0.3, -0.25) is 0 Å². The number of fused-ring (bicyclic) bond motifs is 1. The van der Waals surface area contributed by atoms with E-state index in [2.05, 4.69) is 27.4 Å². The zero-order valence-corrected chi connectivity index (χ0v) is 14.4. The maximum atomic E-state index is 11.0. The molecule has 2 fully saturated rings. The van der Waals surface area contributed by atoms with Crippen molar-refractivity contribution < 1.29 is 10.2 Å². The molecule has 0 radical (unpaired) electrons. The van der Waals surface area contributed by atoms with Gasteiger partial charge in [0.2, 0.25) is 0 Å². The first-order chi connectivity index (χ1) is 9.63. The molecule has 0 aromatic heterocycles. The molecule has 0 aromatic rings. The molecule has 0 bridgehead atoms. The van der Waals surface area contributed by atoms with Crippen LogP contribution < -0.4 is 0 Å². The summed E-state index contributed by atoms with van der Waals surface area (Å²) in [4.78, 5) is 0. The first-order valence-corrected chi connectivity index (χ1v) is 8.66. The highest BCUT2D eigenvalue weighted by molar-refractivity contribution is 5.07. The normalized spacial score (nSPS) is 43.9. The van der Waals surface area contributed by atoms with Crippen LogP contribution in [0.4, 0.5) is 0 Å². The maximum absolute atomic E-state index is 11.0. The highest BCUT2D eigenvalue weighted by atomic mass is 16.3. The Labute approximate surface area is 130 Å². The monoisotopic (exact) mass is 294 g/mol. The predicted molar refractivity (Wildman–Crippen MR) is 88.0 cm³/mol. The molecule has 0 amide bonds. The van der Waals surface area contributed by atoms with Gasteiger partial charge in [-0.1, -0.05) is 33.3 Å². The van der Waals surface area contributed by atoms with E-state index >= 15 is 0 Å². The summed E-state index contributed by atoms with van der Waals surface area (Å²) in [5.74, 6) is 0.961. The van der Waals surface area contributed by atoms with Gasteiger partial charge in [0.15, 0.2) is 0 Å². The molecule has 0 aliphatic heterocycles. The Bertz CT molecular complexity index is 385. The molecule has 0 aromatic carbocycles. The van der Waals surface area contributed by atoms with Crippen molar-refractivity contribution in [3.63, 3.8) is 0 Å². The molecular weight excluding hydrogens is 260 g/mol. The van der Waals surface area contributed by atoms with E-state index in [0.717, 1.165) is 19.3 Å². The Morgan fingerprint density at radius 3 is 2.48 bits per heavy atom. The van der Waals surface area contributed by atoms with E-state index in [-0.39, 0.29) is 11.3 Å². The van der Waals surface area contributed by atoms with Gasteiger partial charge >= 0.3 is 0 Å². The molecule has 0 spiro atoms. The molecule has 0 saturated heterocycles. The molecule has 5 atom stereocenters. The Hall–Kier alpha value is -0.340. The minimum absolute atomic E-state index is 0.199. The Kier molecular flexibility index (Phi) is 4.62. The van der Waals surface area contributed by atoms with E-state index in [0.29, 0.717) is 17.8 Å². The highest BCUT2D eigenvalue weighted by Gasteiger charge is 2.57. The third-order valence-electron chi connectivity index (χ3n) is 6.79. The number of aliphatic hydroxyl groups is 2. The van der Waals surface area contributed by atoms with Crippen molar-refractivity contribution in [3.8, 4) is 0 Å². The largest absolute Gasteiger partial charge is 0.390 e. The van der Waals surface area contributed by atoms with E-state index in [1.807, 2.05) is 6.92 Å². The average Bonchev–Trinajstić information content (AvgIpc) is 2.35. The third-order valence-corrected chi connectivity index (χ3v) is 6.79. The van der Waals surface area contributed by atoms with Crippen LogP contribution in [0.5, 0.6) is 0 Å². The molecule has 2 saturated carbocycles. The van der Waals surface area contributed by atoms with Gasteiger partial charge in [0.25, 0.3) is 0 Å². The lowest BCUT2D eigenvalue weighted by Gasteiger charge is -2.61. The van der Waals surface area contributed by atoms with E-state index in [1.54, 1.807) is 6.08 Å². The van der Waals surface area contributed by atoms with E-state index in [1.165, 1.54) is 19.3 Å². The second-order valence-corrected chi connectivity index (χ2v) is 8.73. The SMILES string of the molecule is C=C[C@H](O)CC[C@@H]1[C@@]2(C)CCCC(C)(C)[C@@H]2CC[C@@]1(C)O.